The number of aromatic amines is 2. The molecule has 0 bridgehead atoms. The van der Waals surface area contributed by atoms with E-state index in [-0.39, 0.29) is 10.6 Å². The van der Waals surface area contributed by atoms with E-state index in [2.05, 4.69) is 20.9 Å². The van der Waals surface area contributed by atoms with Gasteiger partial charge in [0.05, 0.1) is 27.6 Å². The van der Waals surface area contributed by atoms with E-state index in [0.29, 0.717) is 49.3 Å². The smallest absolute Gasteiger partial charge is 0.306 e. The van der Waals surface area contributed by atoms with Crippen LogP contribution in [0.5, 0.6) is 0 Å². The number of fused-ring (bicyclic) bond motifs is 1. The van der Waals surface area contributed by atoms with Gasteiger partial charge in [0.2, 0.25) is 10.0 Å². The molecule has 9 heteroatoms. The molecule has 0 aliphatic carbocycles. The SMILES string of the molecule is N#Cc1cccc(CN2CCN(S(=O)(=O)c3ccc4[nH]c(=O)[nH]c4c3)CC2)c1. The van der Waals surface area contributed by atoms with Gasteiger partial charge in [-0.2, -0.15) is 9.57 Å². The van der Waals surface area contributed by atoms with E-state index in [0.717, 1.165) is 5.56 Å². The predicted molar refractivity (Wildman–Crippen MR) is 104 cm³/mol. The van der Waals surface area contributed by atoms with Gasteiger partial charge in [-0.3, -0.25) is 4.90 Å². The minimum absolute atomic E-state index is 0.172. The average Bonchev–Trinajstić information content (AvgIpc) is 3.07. The molecule has 1 aliphatic heterocycles. The lowest BCUT2D eigenvalue weighted by Gasteiger charge is -2.34. The molecule has 0 atom stereocenters. The van der Waals surface area contributed by atoms with Crippen molar-refractivity contribution in [2.24, 2.45) is 0 Å². The maximum atomic E-state index is 13.0. The highest BCUT2D eigenvalue weighted by Gasteiger charge is 2.28. The molecule has 3 aromatic rings. The third-order valence-corrected chi connectivity index (χ3v) is 6.81. The number of benzene rings is 2. The standard InChI is InChI=1S/C19H19N5O3S/c20-12-14-2-1-3-15(10-14)13-23-6-8-24(9-7-23)28(26,27)16-4-5-17-18(11-16)22-19(25)21-17/h1-5,10-11H,6-9,13H2,(H2,21,22,25). The molecule has 28 heavy (non-hydrogen) atoms. The van der Waals surface area contributed by atoms with Crippen LogP contribution in [0.15, 0.2) is 52.2 Å². The molecule has 144 valence electrons. The molecule has 2 N–H and O–H groups in total. The maximum Gasteiger partial charge on any atom is 0.323 e. The van der Waals surface area contributed by atoms with Gasteiger partial charge in [-0.25, -0.2) is 13.2 Å². The number of nitriles is 1. The Labute approximate surface area is 162 Å². The number of hydrogen-bond acceptors (Lipinski definition) is 5. The van der Waals surface area contributed by atoms with Crippen LogP contribution in [0.4, 0.5) is 0 Å². The summed E-state index contributed by atoms with van der Waals surface area (Å²) >= 11 is 0. The normalized spacial score (nSPS) is 16.2. The molecule has 1 aromatic heterocycles. The van der Waals surface area contributed by atoms with Gasteiger partial charge >= 0.3 is 5.69 Å². The first kappa shape index (κ1) is 18.4. The lowest BCUT2D eigenvalue weighted by molar-refractivity contribution is 0.181. The van der Waals surface area contributed by atoms with E-state index >= 15 is 0 Å². The Hall–Kier alpha value is -2.93. The number of aromatic nitrogens is 2. The second-order valence-electron chi connectivity index (χ2n) is 6.78. The second-order valence-corrected chi connectivity index (χ2v) is 8.72. The van der Waals surface area contributed by atoms with Gasteiger partial charge in [-0.1, -0.05) is 12.1 Å². The minimum atomic E-state index is -3.62. The highest BCUT2D eigenvalue weighted by Crippen LogP contribution is 2.21. The van der Waals surface area contributed by atoms with Crippen LogP contribution in [-0.2, 0) is 16.6 Å². The molecule has 2 aromatic carbocycles. The quantitative estimate of drug-likeness (QED) is 0.688. The number of piperazine rings is 1. The molecule has 8 nitrogen and oxygen atoms in total. The molecule has 1 fully saturated rings. The number of H-pyrrole nitrogens is 2. The van der Waals surface area contributed by atoms with Crippen LogP contribution in [0.2, 0.25) is 0 Å². The summed E-state index contributed by atoms with van der Waals surface area (Å²) in [6.45, 7) is 2.68. The third kappa shape index (κ3) is 3.57. The van der Waals surface area contributed by atoms with Crippen molar-refractivity contribution in [1.29, 1.82) is 5.26 Å². The minimum Gasteiger partial charge on any atom is -0.306 e. The summed E-state index contributed by atoms with van der Waals surface area (Å²) in [5, 5.41) is 9.01. The topological polar surface area (TPSA) is 113 Å². The summed E-state index contributed by atoms with van der Waals surface area (Å²) in [6, 6.07) is 14.2. The maximum absolute atomic E-state index is 13.0. The number of rotatable bonds is 4. The first-order valence-electron chi connectivity index (χ1n) is 8.89. The van der Waals surface area contributed by atoms with Gasteiger partial charge in [-0.15, -0.1) is 0 Å². The summed E-state index contributed by atoms with van der Waals surface area (Å²) in [7, 11) is -3.62. The van der Waals surface area contributed by atoms with E-state index in [1.807, 2.05) is 18.2 Å². The molecule has 1 aliphatic rings. The highest BCUT2D eigenvalue weighted by atomic mass is 32.2. The van der Waals surface area contributed by atoms with Gasteiger partial charge in [0.25, 0.3) is 0 Å². The fraction of sp³-hybridized carbons (Fsp3) is 0.263. The molecule has 0 radical (unpaired) electrons. The molecule has 2 heterocycles. The molecule has 0 saturated carbocycles. The Bertz CT molecular complexity index is 1210. The van der Waals surface area contributed by atoms with Crippen LogP contribution in [-0.4, -0.2) is 53.8 Å². The van der Waals surface area contributed by atoms with E-state index in [4.69, 9.17) is 5.26 Å². The van der Waals surface area contributed by atoms with Crippen molar-refractivity contribution in [3.8, 4) is 6.07 Å². The first-order chi connectivity index (χ1) is 13.5. The fourth-order valence-electron chi connectivity index (χ4n) is 3.45. The molecule has 0 spiro atoms. The molecular weight excluding hydrogens is 378 g/mol. The molecule has 1 saturated heterocycles. The highest BCUT2D eigenvalue weighted by molar-refractivity contribution is 7.89. The zero-order chi connectivity index (χ0) is 19.7. The lowest BCUT2D eigenvalue weighted by Crippen LogP contribution is -2.48. The van der Waals surface area contributed by atoms with Crippen molar-refractivity contribution in [3.63, 3.8) is 0 Å². The number of sulfonamides is 1. The summed E-state index contributed by atoms with van der Waals surface area (Å²) < 4.78 is 27.4. The largest absolute Gasteiger partial charge is 0.323 e. The van der Waals surface area contributed by atoms with Gasteiger partial charge in [0, 0.05) is 32.7 Å². The Morgan fingerprint density at radius 3 is 2.50 bits per heavy atom. The van der Waals surface area contributed by atoms with Crippen molar-refractivity contribution in [3.05, 3.63) is 64.1 Å². The Balaban J connectivity index is 1.45. The van der Waals surface area contributed by atoms with Crippen molar-refractivity contribution in [2.75, 3.05) is 26.2 Å². The molecule has 0 amide bonds. The summed E-state index contributed by atoms with van der Waals surface area (Å²) in [4.78, 5) is 18.9. The van der Waals surface area contributed by atoms with E-state index in [1.54, 1.807) is 12.1 Å². The van der Waals surface area contributed by atoms with Crippen molar-refractivity contribution in [1.82, 2.24) is 19.2 Å². The number of nitrogens with one attached hydrogen (secondary N) is 2. The van der Waals surface area contributed by atoms with Gasteiger partial charge in [-0.05, 0) is 35.9 Å². The molecule has 0 unspecified atom stereocenters. The number of imidazole rings is 1. The summed E-state index contributed by atoms with van der Waals surface area (Å²) in [5.74, 6) is 0. The van der Waals surface area contributed by atoms with Crippen LogP contribution in [0.25, 0.3) is 11.0 Å². The van der Waals surface area contributed by atoms with E-state index < -0.39 is 10.0 Å². The Morgan fingerprint density at radius 1 is 1.00 bits per heavy atom. The van der Waals surface area contributed by atoms with Gasteiger partial charge < -0.3 is 9.97 Å². The molecule has 4 rings (SSSR count). The third-order valence-electron chi connectivity index (χ3n) is 4.92. The lowest BCUT2D eigenvalue weighted by atomic mass is 10.1. The molecular formula is C19H19N5O3S. The zero-order valence-corrected chi connectivity index (χ0v) is 15.9. The van der Waals surface area contributed by atoms with Crippen LogP contribution in [0, 0.1) is 11.3 Å². The van der Waals surface area contributed by atoms with E-state index in [9.17, 15) is 13.2 Å². The zero-order valence-electron chi connectivity index (χ0n) is 15.1. The predicted octanol–water partition coefficient (Wildman–Crippen LogP) is 1.23. The number of nitrogens with zero attached hydrogens (tertiary/aromatic N) is 3. The van der Waals surface area contributed by atoms with Gasteiger partial charge in [0.1, 0.15) is 0 Å². The van der Waals surface area contributed by atoms with Crippen molar-refractivity contribution < 1.29 is 8.42 Å². The van der Waals surface area contributed by atoms with E-state index in [1.165, 1.54) is 16.4 Å². The Morgan fingerprint density at radius 2 is 1.75 bits per heavy atom. The monoisotopic (exact) mass is 397 g/mol. The summed E-state index contributed by atoms with van der Waals surface area (Å²) in [6.07, 6.45) is 0. The average molecular weight is 397 g/mol. The Kier molecular flexibility index (Phi) is 4.77. The fourth-order valence-corrected chi connectivity index (χ4v) is 4.90. The van der Waals surface area contributed by atoms with Crippen molar-refractivity contribution in [2.45, 2.75) is 11.4 Å². The first-order valence-corrected chi connectivity index (χ1v) is 10.3. The number of hydrogen-bond donors (Lipinski definition) is 2. The summed E-state index contributed by atoms with van der Waals surface area (Å²) in [5.41, 5.74) is 2.35. The van der Waals surface area contributed by atoms with Crippen molar-refractivity contribution >= 4 is 21.1 Å². The van der Waals surface area contributed by atoms with Gasteiger partial charge in [0.15, 0.2) is 0 Å². The van der Waals surface area contributed by atoms with Crippen LogP contribution in [0.3, 0.4) is 0 Å². The second kappa shape index (κ2) is 7.24. The van der Waals surface area contributed by atoms with Crippen LogP contribution >= 0.6 is 0 Å². The van der Waals surface area contributed by atoms with Crippen LogP contribution in [0.1, 0.15) is 11.1 Å². The van der Waals surface area contributed by atoms with Crippen LogP contribution < -0.4 is 5.69 Å².